The third kappa shape index (κ3) is 3.63. The number of benzene rings is 1. The first-order valence-corrected chi connectivity index (χ1v) is 6.20. The van der Waals surface area contributed by atoms with Crippen LogP contribution in [0.3, 0.4) is 0 Å². The number of carbonyl (C=O) groups excluding carboxylic acids is 1. The summed E-state index contributed by atoms with van der Waals surface area (Å²) in [5.74, 6) is 0.474. The maximum absolute atomic E-state index is 11.7. The molecule has 0 heterocycles. The molecular weight excluding hydrogens is 266 g/mol. The Balaban J connectivity index is 2.73. The van der Waals surface area contributed by atoms with E-state index in [-0.39, 0.29) is 5.91 Å². The van der Waals surface area contributed by atoms with Gasteiger partial charge in [0.15, 0.2) is 0 Å². The lowest BCUT2D eigenvalue weighted by atomic mass is 10.0. The quantitative estimate of drug-likeness (QED) is 0.837. The topological polar surface area (TPSA) is 29.1 Å². The van der Waals surface area contributed by atoms with Crippen LogP contribution in [0.25, 0.3) is 0 Å². The van der Waals surface area contributed by atoms with E-state index in [9.17, 15) is 4.79 Å². The lowest BCUT2D eigenvalue weighted by Gasteiger charge is -2.16. The number of hydrogen-bond donors (Lipinski definition) is 1. The zero-order valence-corrected chi connectivity index (χ0v) is 11.8. The minimum atomic E-state index is -0.538. The van der Waals surface area contributed by atoms with Crippen molar-refractivity contribution < 1.29 is 4.79 Å². The number of alkyl halides is 1. The molecule has 88 valence electrons. The molecule has 0 aliphatic carbocycles. The highest BCUT2D eigenvalue weighted by Gasteiger charge is 2.23. The van der Waals surface area contributed by atoms with Crippen molar-refractivity contribution in [3.8, 4) is 0 Å². The molecule has 16 heavy (non-hydrogen) atoms. The molecule has 1 rings (SSSR count). The summed E-state index contributed by atoms with van der Waals surface area (Å²) in [6.07, 6.45) is 0. The molecule has 0 bridgehead atoms. The van der Waals surface area contributed by atoms with E-state index in [1.807, 2.05) is 38.1 Å². The molecule has 1 aromatic rings. The zero-order valence-electron chi connectivity index (χ0n) is 10.2. The first kappa shape index (κ1) is 13.2. The number of amides is 1. The third-order valence-electron chi connectivity index (χ3n) is 2.38. The van der Waals surface area contributed by atoms with Gasteiger partial charge in [-0.1, -0.05) is 41.9 Å². The molecule has 0 unspecified atom stereocenters. The second-order valence-electron chi connectivity index (χ2n) is 4.70. The van der Waals surface area contributed by atoms with Crippen LogP contribution >= 0.6 is 15.9 Å². The van der Waals surface area contributed by atoms with Gasteiger partial charge in [-0.25, -0.2) is 0 Å². The van der Waals surface area contributed by atoms with Gasteiger partial charge in [-0.05, 0) is 37.5 Å². The average Bonchev–Trinajstić information content (AvgIpc) is 2.17. The predicted molar refractivity (Wildman–Crippen MR) is 72.2 cm³/mol. The molecule has 1 aromatic carbocycles. The Morgan fingerprint density at radius 1 is 1.25 bits per heavy atom. The van der Waals surface area contributed by atoms with Crippen molar-refractivity contribution in [3.63, 3.8) is 0 Å². The molecule has 0 atom stereocenters. The lowest BCUT2D eigenvalue weighted by molar-refractivity contribution is -0.117. The van der Waals surface area contributed by atoms with Gasteiger partial charge in [-0.15, -0.1) is 0 Å². The average molecular weight is 284 g/mol. The van der Waals surface area contributed by atoms with Gasteiger partial charge in [-0.3, -0.25) is 4.79 Å². The number of carbonyl (C=O) groups is 1. The largest absolute Gasteiger partial charge is 0.325 e. The van der Waals surface area contributed by atoms with E-state index in [0.717, 1.165) is 5.69 Å². The maximum atomic E-state index is 11.7. The van der Waals surface area contributed by atoms with Gasteiger partial charge in [0.05, 0.1) is 4.32 Å². The van der Waals surface area contributed by atoms with Gasteiger partial charge in [0.2, 0.25) is 5.91 Å². The van der Waals surface area contributed by atoms with Gasteiger partial charge in [0, 0.05) is 5.69 Å². The SMILES string of the molecule is CC(C)c1ccc(NC(=O)C(C)(C)Br)cc1. The first-order valence-electron chi connectivity index (χ1n) is 5.41. The fourth-order valence-electron chi connectivity index (χ4n) is 1.23. The molecule has 3 heteroatoms. The molecule has 0 aliphatic rings. The van der Waals surface area contributed by atoms with Gasteiger partial charge in [0.1, 0.15) is 0 Å². The monoisotopic (exact) mass is 283 g/mol. The minimum absolute atomic E-state index is 0.0372. The van der Waals surface area contributed by atoms with E-state index in [0.29, 0.717) is 5.92 Å². The van der Waals surface area contributed by atoms with E-state index in [2.05, 4.69) is 35.1 Å². The van der Waals surface area contributed by atoms with Gasteiger partial charge < -0.3 is 5.32 Å². The van der Waals surface area contributed by atoms with Gasteiger partial charge in [0.25, 0.3) is 0 Å². The Hall–Kier alpha value is -0.830. The molecule has 0 aromatic heterocycles. The summed E-state index contributed by atoms with van der Waals surface area (Å²) in [5.41, 5.74) is 2.11. The van der Waals surface area contributed by atoms with Crippen LogP contribution < -0.4 is 5.32 Å². The Kier molecular flexibility index (Phi) is 4.14. The predicted octanol–water partition coefficient (Wildman–Crippen LogP) is 3.92. The van der Waals surface area contributed by atoms with Crippen LogP contribution in [0, 0.1) is 0 Å². The molecule has 0 radical (unpaired) electrons. The van der Waals surface area contributed by atoms with E-state index in [4.69, 9.17) is 0 Å². The van der Waals surface area contributed by atoms with Crippen LogP contribution in [-0.4, -0.2) is 10.2 Å². The number of nitrogens with one attached hydrogen (secondary N) is 1. The molecule has 1 N–H and O–H groups in total. The molecule has 1 amide bonds. The summed E-state index contributed by atoms with van der Waals surface area (Å²) < 4.78 is -0.538. The van der Waals surface area contributed by atoms with Gasteiger partial charge >= 0.3 is 0 Å². The summed E-state index contributed by atoms with van der Waals surface area (Å²) in [6.45, 7) is 7.94. The first-order chi connectivity index (χ1) is 7.30. The van der Waals surface area contributed by atoms with Crippen LogP contribution in [-0.2, 0) is 4.79 Å². The summed E-state index contributed by atoms with van der Waals surface area (Å²) in [5, 5.41) is 2.86. The number of halogens is 1. The number of hydrogen-bond acceptors (Lipinski definition) is 1. The summed E-state index contributed by atoms with van der Waals surface area (Å²) in [4.78, 5) is 11.7. The molecular formula is C13H18BrNO. The fraction of sp³-hybridized carbons (Fsp3) is 0.462. The maximum Gasteiger partial charge on any atom is 0.240 e. The molecule has 0 aliphatic heterocycles. The van der Waals surface area contributed by atoms with Crippen LogP contribution in [0.15, 0.2) is 24.3 Å². The Bertz CT molecular complexity index is 363. The summed E-state index contributed by atoms with van der Waals surface area (Å²) in [7, 11) is 0. The van der Waals surface area contributed by atoms with E-state index >= 15 is 0 Å². The standard InChI is InChI=1S/C13H18BrNO/c1-9(2)10-5-7-11(8-6-10)15-12(16)13(3,4)14/h5-9H,1-4H3,(H,15,16). The van der Waals surface area contributed by atoms with Crippen molar-refractivity contribution in [1.29, 1.82) is 0 Å². The lowest BCUT2D eigenvalue weighted by Crippen LogP contribution is -2.30. The van der Waals surface area contributed by atoms with Crippen LogP contribution in [0.1, 0.15) is 39.2 Å². The summed E-state index contributed by atoms with van der Waals surface area (Å²) in [6, 6.07) is 7.96. The number of rotatable bonds is 3. The van der Waals surface area contributed by atoms with E-state index < -0.39 is 4.32 Å². The molecule has 2 nitrogen and oxygen atoms in total. The highest BCUT2D eigenvalue weighted by atomic mass is 79.9. The highest BCUT2D eigenvalue weighted by Crippen LogP contribution is 2.21. The molecule has 0 spiro atoms. The van der Waals surface area contributed by atoms with Crippen molar-refractivity contribution in [3.05, 3.63) is 29.8 Å². The minimum Gasteiger partial charge on any atom is -0.325 e. The van der Waals surface area contributed by atoms with Crippen molar-refractivity contribution in [1.82, 2.24) is 0 Å². The van der Waals surface area contributed by atoms with E-state index in [1.165, 1.54) is 5.56 Å². The Morgan fingerprint density at radius 2 is 1.75 bits per heavy atom. The van der Waals surface area contributed by atoms with Crippen LogP contribution in [0.5, 0.6) is 0 Å². The Morgan fingerprint density at radius 3 is 2.12 bits per heavy atom. The second kappa shape index (κ2) is 5.00. The van der Waals surface area contributed by atoms with Crippen molar-refractivity contribution >= 4 is 27.5 Å². The molecule has 0 saturated carbocycles. The van der Waals surface area contributed by atoms with Crippen molar-refractivity contribution in [2.45, 2.75) is 37.9 Å². The van der Waals surface area contributed by atoms with Gasteiger partial charge in [-0.2, -0.15) is 0 Å². The highest BCUT2D eigenvalue weighted by molar-refractivity contribution is 9.10. The normalized spacial score (nSPS) is 11.6. The Labute approximate surface area is 106 Å². The number of anilines is 1. The summed E-state index contributed by atoms with van der Waals surface area (Å²) >= 11 is 3.33. The molecule has 0 saturated heterocycles. The van der Waals surface area contributed by atoms with E-state index in [1.54, 1.807) is 0 Å². The van der Waals surface area contributed by atoms with Crippen LogP contribution in [0.2, 0.25) is 0 Å². The second-order valence-corrected chi connectivity index (χ2v) is 6.69. The third-order valence-corrected chi connectivity index (χ3v) is 2.74. The van der Waals surface area contributed by atoms with Crippen LogP contribution in [0.4, 0.5) is 5.69 Å². The zero-order chi connectivity index (χ0) is 12.3. The molecule has 0 fully saturated rings. The van der Waals surface area contributed by atoms with Crippen molar-refractivity contribution in [2.24, 2.45) is 0 Å². The van der Waals surface area contributed by atoms with Crippen molar-refractivity contribution in [2.75, 3.05) is 5.32 Å². The fourth-order valence-corrected chi connectivity index (χ4v) is 1.33. The smallest absolute Gasteiger partial charge is 0.240 e.